The predicted octanol–water partition coefficient (Wildman–Crippen LogP) is 3.63. The molecule has 0 aliphatic rings. The van der Waals surface area contributed by atoms with Gasteiger partial charge in [-0.25, -0.2) is 4.79 Å². The molecule has 0 amide bonds. The maximum atomic E-state index is 10.8. The van der Waals surface area contributed by atoms with E-state index >= 15 is 0 Å². The molecule has 0 aliphatic carbocycles. The smallest absolute Gasteiger partial charge is 0.337 e. The van der Waals surface area contributed by atoms with E-state index < -0.39 is 26.2 Å². The van der Waals surface area contributed by atoms with Crippen molar-refractivity contribution < 1.29 is 19.4 Å². The van der Waals surface area contributed by atoms with Crippen LogP contribution in [0.25, 0.3) is 0 Å². The van der Waals surface area contributed by atoms with Crippen molar-refractivity contribution in [2.24, 2.45) is 0 Å². The second-order valence-electron chi connectivity index (χ2n) is 3.98. The van der Waals surface area contributed by atoms with E-state index in [1.165, 1.54) is 13.2 Å². The zero-order valence-corrected chi connectivity index (χ0v) is 12.6. The molecule has 0 fully saturated rings. The van der Waals surface area contributed by atoms with E-state index in [0.29, 0.717) is 5.56 Å². The lowest BCUT2D eigenvalue weighted by Crippen LogP contribution is -1.99. The Morgan fingerprint density at radius 2 is 1.43 bits per heavy atom. The van der Waals surface area contributed by atoms with Crippen LogP contribution in [-0.2, 0) is 4.74 Å². The minimum atomic E-state index is -0.769. The number of rotatable bonds is 3. The van der Waals surface area contributed by atoms with Gasteiger partial charge in [-0.15, -0.1) is 0 Å². The van der Waals surface area contributed by atoms with E-state index in [4.69, 9.17) is 11.6 Å². The molecule has 0 saturated heterocycles. The number of halogens is 1. The Balaban J connectivity index is 0.000000238. The molecule has 8 nitrogen and oxygen atoms in total. The Hall–Kier alpha value is -3.00. The second-order valence-corrected chi connectivity index (χ2v) is 4.36. The first kappa shape index (κ1) is 18.1. The number of methoxy groups -OCH3 is 1. The van der Waals surface area contributed by atoms with Gasteiger partial charge in [-0.2, -0.15) is 0 Å². The minimum absolute atomic E-state index is 0.291. The molecule has 0 radical (unpaired) electrons. The third-order valence-electron chi connectivity index (χ3n) is 2.55. The van der Waals surface area contributed by atoms with Gasteiger partial charge in [0.2, 0.25) is 0 Å². The van der Waals surface area contributed by atoms with E-state index in [9.17, 15) is 25.0 Å². The van der Waals surface area contributed by atoms with Crippen molar-refractivity contribution in [3.8, 4) is 0 Å². The van der Waals surface area contributed by atoms with Gasteiger partial charge in [0.25, 0.3) is 11.4 Å². The first-order valence-electron chi connectivity index (χ1n) is 6.09. The zero-order valence-electron chi connectivity index (χ0n) is 11.8. The molecule has 120 valence electrons. The fourth-order valence-electron chi connectivity index (χ4n) is 1.48. The highest BCUT2D eigenvalue weighted by atomic mass is 35.5. The van der Waals surface area contributed by atoms with Crippen LogP contribution in [0.5, 0.6) is 0 Å². The number of carbonyl (C=O) groups excluding carboxylic acids is 1. The summed E-state index contributed by atoms with van der Waals surface area (Å²) in [5.41, 5.74) is -0.336. The molecule has 0 aromatic heterocycles. The molecular formula is C14H11ClN2O6. The third-order valence-corrected chi connectivity index (χ3v) is 2.93. The first-order chi connectivity index (χ1) is 10.9. The largest absolute Gasteiger partial charge is 0.465 e. The van der Waals surface area contributed by atoms with Crippen molar-refractivity contribution in [1.82, 2.24) is 0 Å². The van der Waals surface area contributed by atoms with Crippen LogP contribution in [0.15, 0.2) is 48.5 Å². The number of hydrogen-bond acceptors (Lipinski definition) is 6. The number of benzene rings is 2. The van der Waals surface area contributed by atoms with E-state index in [1.807, 2.05) is 6.07 Å². The van der Waals surface area contributed by atoms with E-state index in [0.717, 1.165) is 12.1 Å². The number of esters is 1. The van der Waals surface area contributed by atoms with Crippen molar-refractivity contribution in [3.63, 3.8) is 0 Å². The van der Waals surface area contributed by atoms with Crippen molar-refractivity contribution in [2.75, 3.05) is 7.11 Å². The number of carbonyl (C=O) groups is 1. The number of hydrogen-bond donors (Lipinski definition) is 0. The summed E-state index contributed by atoms with van der Waals surface area (Å²) in [4.78, 5) is 29.8. The zero-order chi connectivity index (χ0) is 17.4. The SMILES string of the molecule is COC(=O)c1ccccc1.O=[N+]([O-])c1cccc([N+](=O)[O-])c1Cl. The van der Waals surface area contributed by atoms with Gasteiger partial charge < -0.3 is 4.74 Å². The topological polar surface area (TPSA) is 113 Å². The van der Waals surface area contributed by atoms with Gasteiger partial charge in [-0.05, 0) is 18.2 Å². The summed E-state index contributed by atoms with van der Waals surface area (Å²) in [5.74, 6) is -0.291. The van der Waals surface area contributed by atoms with Crippen LogP contribution in [0, 0.1) is 20.2 Å². The van der Waals surface area contributed by atoms with Gasteiger partial charge in [-0.1, -0.05) is 29.8 Å². The van der Waals surface area contributed by atoms with Crippen LogP contribution < -0.4 is 0 Å². The minimum Gasteiger partial charge on any atom is -0.465 e. The summed E-state index contributed by atoms with van der Waals surface area (Å²) in [7, 11) is 1.37. The van der Waals surface area contributed by atoms with Crippen molar-refractivity contribution in [2.45, 2.75) is 0 Å². The van der Waals surface area contributed by atoms with Gasteiger partial charge >= 0.3 is 5.97 Å². The Morgan fingerprint density at radius 1 is 0.957 bits per heavy atom. The molecule has 2 aromatic rings. The standard InChI is InChI=1S/C8H8O2.C6H3ClN2O4/c1-10-8(9)7-5-3-2-4-6-7;7-6-4(8(10)11)2-1-3-5(6)9(12)13/h2-6H,1H3;1-3H. The van der Waals surface area contributed by atoms with Crippen molar-refractivity contribution in [3.05, 3.63) is 79.3 Å². The molecule has 0 bridgehead atoms. The molecule has 0 atom stereocenters. The Bertz CT molecular complexity index is 688. The second kappa shape index (κ2) is 8.44. The molecular weight excluding hydrogens is 328 g/mol. The van der Waals surface area contributed by atoms with E-state index in [1.54, 1.807) is 24.3 Å². The average Bonchev–Trinajstić information content (AvgIpc) is 2.55. The summed E-state index contributed by atoms with van der Waals surface area (Å²) in [6, 6.07) is 12.3. The Morgan fingerprint density at radius 3 is 1.83 bits per heavy atom. The van der Waals surface area contributed by atoms with Crippen LogP contribution in [0.1, 0.15) is 10.4 Å². The molecule has 0 N–H and O–H groups in total. The molecule has 0 aliphatic heterocycles. The van der Waals surface area contributed by atoms with Gasteiger partial charge in [0.1, 0.15) is 0 Å². The lowest BCUT2D eigenvalue weighted by atomic mass is 10.2. The number of nitrogens with zero attached hydrogens (tertiary/aromatic N) is 2. The maximum Gasteiger partial charge on any atom is 0.337 e. The monoisotopic (exact) mass is 338 g/mol. The highest BCUT2D eigenvalue weighted by molar-refractivity contribution is 6.34. The molecule has 0 saturated carbocycles. The van der Waals surface area contributed by atoms with Gasteiger partial charge in [0.15, 0.2) is 5.02 Å². The fraction of sp³-hybridized carbons (Fsp3) is 0.0714. The highest BCUT2D eigenvalue weighted by Gasteiger charge is 2.22. The van der Waals surface area contributed by atoms with Gasteiger partial charge in [-0.3, -0.25) is 20.2 Å². The fourth-order valence-corrected chi connectivity index (χ4v) is 1.75. The summed E-state index contributed by atoms with van der Waals surface area (Å²) in [6.45, 7) is 0. The van der Waals surface area contributed by atoms with Crippen LogP contribution in [0.2, 0.25) is 5.02 Å². The average molecular weight is 339 g/mol. The van der Waals surface area contributed by atoms with Crippen LogP contribution >= 0.6 is 11.6 Å². The lowest BCUT2D eigenvalue weighted by Gasteiger charge is -1.95. The molecule has 0 heterocycles. The molecule has 9 heteroatoms. The first-order valence-corrected chi connectivity index (χ1v) is 6.47. The molecule has 0 spiro atoms. The van der Waals surface area contributed by atoms with Crippen LogP contribution in [0.4, 0.5) is 11.4 Å². The molecule has 23 heavy (non-hydrogen) atoms. The number of nitro benzene ring substituents is 2. The quantitative estimate of drug-likeness (QED) is 0.479. The summed E-state index contributed by atoms with van der Waals surface area (Å²) in [5, 5.41) is 20.1. The summed E-state index contributed by atoms with van der Waals surface area (Å²) >= 11 is 5.42. The molecule has 2 aromatic carbocycles. The Labute approximate surface area is 135 Å². The number of nitro groups is 2. The van der Waals surface area contributed by atoms with Gasteiger partial charge in [0.05, 0.1) is 22.5 Å². The third kappa shape index (κ3) is 5.04. The van der Waals surface area contributed by atoms with E-state index in [2.05, 4.69) is 4.74 Å². The summed E-state index contributed by atoms with van der Waals surface area (Å²) in [6.07, 6.45) is 0. The number of ether oxygens (including phenoxy) is 1. The van der Waals surface area contributed by atoms with Gasteiger partial charge in [0, 0.05) is 12.1 Å². The maximum absolute atomic E-state index is 10.8. The van der Waals surface area contributed by atoms with Crippen molar-refractivity contribution >= 4 is 28.9 Å². The normalized spacial score (nSPS) is 9.30. The predicted molar refractivity (Wildman–Crippen MR) is 82.5 cm³/mol. The summed E-state index contributed by atoms with van der Waals surface area (Å²) < 4.78 is 4.50. The van der Waals surface area contributed by atoms with Crippen LogP contribution in [0.3, 0.4) is 0 Å². The van der Waals surface area contributed by atoms with Crippen LogP contribution in [-0.4, -0.2) is 22.9 Å². The molecule has 2 rings (SSSR count). The Kier molecular flexibility index (Phi) is 6.63. The lowest BCUT2D eigenvalue weighted by molar-refractivity contribution is -0.393. The highest BCUT2D eigenvalue weighted by Crippen LogP contribution is 2.32. The van der Waals surface area contributed by atoms with E-state index in [-0.39, 0.29) is 5.97 Å². The van der Waals surface area contributed by atoms with Crippen molar-refractivity contribution in [1.29, 1.82) is 0 Å². The molecule has 0 unspecified atom stereocenters.